The normalized spacial score (nSPS) is 9.40. The molecule has 1 nitrogen and oxygen atoms in total. The number of rotatable bonds is 1. The topological polar surface area (TPSA) is 9.23 Å². The van der Waals surface area contributed by atoms with Crippen molar-refractivity contribution >= 4 is 31.3 Å². The summed E-state index contributed by atoms with van der Waals surface area (Å²) in [6.45, 7) is 0. The van der Waals surface area contributed by atoms with Crippen LogP contribution in [0.3, 0.4) is 0 Å². The molecule has 0 saturated carbocycles. The van der Waals surface area contributed by atoms with Gasteiger partial charge in [0.15, 0.2) is 0 Å². The van der Waals surface area contributed by atoms with E-state index in [-0.39, 0.29) is 0 Å². The summed E-state index contributed by atoms with van der Waals surface area (Å²) in [5, 5.41) is 0.774. The van der Waals surface area contributed by atoms with E-state index in [9.17, 15) is 0 Å². The predicted octanol–water partition coefficient (Wildman–Crippen LogP) is 2.46. The van der Waals surface area contributed by atoms with Gasteiger partial charge in [-0.05, 0) is 12.1 Å². The van der Waals surface area contributed by atoms with E-state index >= 15 is 0 Å². The molecule has 0 spiro atoms. The Labute approximate surface area is 70.3 Å². The van der Waals surface area contributed by atoms with Gasteiger partial charge in [0.1, 0.15) is 5.75 Å². The quantitative estimate of drug-likeness (QED) is 0.592. The van der Waals surface area contributed by atoms with Crippen LogP contribution in [-0.4, -0.2) is 8.05 Å². The second kappa shape index (κ2) is 3.17. The maximum absolute atomic E-state index is 5.66. The van der Waals surface area contributed by atoms with Crippen molar-refractivity contribution in [3.63, 3.8) is 0 Å². The van der Waals surface area contributed by atoms with Crippen molar-refractivity contribution in [1.29, 1.82) is 0 Å². The van der Waals surface area contributed by atoms with Gasteiger partial charge in [-0.25, -0.2) is 0 Å². The zero-order valence-corrected chi connectivity index (χ0v) is 6.49. The third-order valence-electron chi connectivity index (χ3n) is 1.04. The molecule has 0 heterocycles. The Bertz CT molecular complexity index is 239. The molecular weight excluding hydrogens is 170 g/mol. The molecule has 1 rings (SSSR count). The van der Waals surface area contributed by atoms with Crippen LogP contribution in [0.1, 0.15) is 0 Å². The molecule has 50 valence electrons. The van der Waals surface area contributed by atoms with Gasteiger partial charge in [0, 0.05) is 0 Å². The number of hydrogen-bond donors (Lipinski definition) is 0. The maximum atomic E-state index is 5.66. The van der Waals surface area contributed by atoms with Crippen LogP contribution in [0, 0.1) is 0 Å². The summed E-state index contributed by atoms with van der Waals surface area (Å²) < 4.78 is 4.41. The van der Waals surface area contributed by atoms with Gasteiger partial charge >= 0.3 is 8.05 Å². The molecule has 1 aromatic carbocycles. The molecule has 0 N–H and O–H groups in total. The van der Waals surface area contributed by atoms with E-state index < -0.39 is 0 Å². The van der Waals surface area contributed by atoms with Crippen molar-refractivity contribution in [3.8, 4) is 5.75 Å². The largest absolute Gasteiger partial charge is 0.567 e. The number of benzene rings is 1. The fourth-order valence-electron chi connectivity index (χ4n) is 0.575. The minimum absolute atomic E-state index is 0.340. The molecule has 0 aliphatic carbocycles. The molecule has 4 heteroatoms. The van der Waals surface area contributed by atoms with Crippen molar-refractivity contribution in [1.82, 2.24) is 0 Å². The van der Waals surface area contributed by atoms with Gasteiger partial charge in [-0.15, -0.1) is 0 Å². The molecule has 0 unspecified atom stereocenters. The van der Waals surface area contributed by atoms with E-state index in [0.29, 0.717) is 15.8 Å². The van der Waals surface area contributed by atoms with Crippen LogP contribution in [0.25, 0.3) is 0 Å². The Kier molecular flexibility index (Phi) is 2.47. The molecule has 0 bridgehead atoms. The minimum atomic E-state index is 0.340. The van der Waals surface area contributed by atoms with E-state index in [1.807, 2.05) is 0 Å². The summed E-state index contributed by atoms with van der Waals surface area (Å²) in [7, 11) is 4.88. The first-order valence-electron chi connectivity index (χ1n) is 2.56. The average molecular weight is 173 g/mol. The summed E-state index contributed by atoms with van der Waals surface area (Å²) in [6, 6.07) is 5.00. The van der Waals surface area contributed by atoms with Crippen LogP contribution in [-0.2, 0) is 0 Å². The summed E-state index contributed by atoms with van der Waals surface area (Å²) in [4.78, 5) is 0. The lowest BCUT2D eigenvalue weighted by Gasteiger charge is -2.02. The first-order chi connectivity index (χ1) is 4.75. The van der Waals surface area contributed by atoms with Crippen LogP contribution < -0.4 is 4.65 Å². The molecule has 1 aromatic rings. The van der Waals surface area contributed by atoms with Crippen molar-refractivity contribution < 1.29 is 4.65 Å². The molecule has 0 aliphatic heterocycles. The second-order valence-electron chi connectivity index (χ2n) is 1.67. The third kappa shape index (κ3) is 1.39. The first kappa shape index (κ1) is 7.77. The lowest BCUT2D eigenvalue weighted by Crippen LogP contribution is -1.85. The predicted molar refractivity (Wildman–Crippen MR) is 42.8 cm³/mol. The van der Waals surface area contributed by atoms with Crippen LogP contribution in [0.4, 0.5) is 0 Å². The van der Waals surface area contributed by atoms with Gasteiger partial charge in [-0.2, -0.15) is 0 Å². The van der Waals surface area contributed by atoms with Crippen LogP contribution in [0.5, 0.6) is 5.75 Å². The van der Waals surface area contributed by atoms with Crippen molar-refractivity contribution in [3.05, 3.63) is 28.2 Å². The van der Waals surface area contributed by atoms with Crippen LogP contribution >= 0.6 is 23.2 Å². The molecule has 0 fully saturated rings. The SMILES string of the molecule is [B]Oc1cccc(Cl)c1Cl. The average Bonchev–Trinajstić information content (AvgIpc) is 1.95. The van der Waals surface area contributed by atoms with E-state index in [0.717, 1.165) is 0 Å². The minimum Gasteiger partial charge on any atom is -0.567 e. The Morgan fingerprint density at radius 3 is 2.50 bits per heavy atom. The van der Waals surface area contributed by atoms with E-state index in [2.05, 4.69) is 4.65 Å². The molecule has 0 atom stereocenters. The maximum Gasteiger partial charge on any atom is 0.374 e. The zero-order valence-electron chi connectivity index (χ0n) is 4.97. The van der Waals surface area contributed by atoms with E-state index in [4.69, 9.17) is 31.3 Å². The molecule has 0 aromatic heterocycles. The molecular formula is C6H3BCl2O. The standard InChI is InChI=1S/C6H3BCl2O/c7-10-5-3-1-2-4(8)6(5)9/h1-3H. The van der Waals surface area contributed by atoms with Gasteiger partial charge in [0.2, 0.25) is 0 Å². The highest BCUT2D eigenvalue weighted by Gasteiger charge is 2.01. The lowest BCUT2D eigenvalue weighted by atomic mass is 10.3. The molecule has 10 heavy (non-hydrogen) atoms. The van der Waals surface area contributed by atoms with Crippen molar-refractivity contribution in [2.45, 2.75) is 0 Å². The highest BCUT2D eigenvalue weighted by molar-refractivity contribution is 6.43. The van der Waals surface area contributed by atoms with Crippen molar-refractivity contribution in [2.24, 2.45) is 0 Å². The fourth-order valence-corrected chi connectivity index (χ4v) is 0.911. The van der Waals surface area contributed by atoms with Crippen LogP contribution in [0.2, 0.25) is 10.0 Å². The van der Waals surface area contributed by atoms with Crippen LogP contribution in [0.15, 0.2) is 18.2 Å². The first-order valence-corrected chi connectivity index (χ1v) is 3.32. The Morgan fingerprint density at radius 2 is 2.00 bits per heavy atom. The Morgan fingerprint density at radius 1 is 1.30 bits per heavy atom. The third-order valence-corrected chi connectivity index (χ3v) is 1.84. The zero-order chi connectivity index (χ0) is 7.56. The van der Waals surface area contributed by atoms with E-state index in [1.54, 1.807) is 18.2 Å². The summed E-state index contributed by atoms with van der Waals surface area (Å²) in [6.07, 6.45) is 0. The fraction of sp³-hybridized carbons (Fsp3) is 0. The summed E-state index contributed by atoms with van der Waals surface area (Å²) in [5.41, 5.74) is 0. The monoisotopic (exact) mass is 172 g/mol. The van der Waals surface area contributed by atoms with E-state index in [1.165, 1.54) is 0 Å². The van der Waals surface area contributed by atoms with Gasteiger partial charge in [-0.3, -0.25) is 0 Å². The van der Waals surface area contributed by atoms with Gasteiger partial charge in [0.05, 0.1) is 10.0 Å². The molecule has 2 radical (unpaired) electrons. The molecule has 0 saturated heterocycles. The summed E-state index contributed by atoms with van der Waals surface area (Å²) >= 11 is 11.3. The Balaban J connectivity index is 3.14. The molecule has 0 aliphatic rings. The smallest absolute Gasteiger partial charge is 0.374 e. The number of hydrogen-bond acceptors (Lipinski definition) is 1. The van der Waals surface area contributed by atoms with Crippen molar-refractivity contribution in [2.75, 3.05) is 0 Å². The lowest BCUT2D eigenvalue weighted by molar-refractivity contribution is 0.616. The van der Waals surface area contributed by atoms with Gasteiger partial charge < -0.3 is 4.65 Å². The Hall–Kier alpha value is -0.335. The highest BCUT2D eigenvalue weighted by Crippen LogP contribution is 2.30. The van der Waals surface area contributed by atoms with Gasteiger partial charge in [-0.1, -0.05) is 29.3 Å². The van der Waals surface area contributed by atoms with Gasteiger partial charge in [0.25, 0.3) is 0 Å². The number of halogens is 2. The molecule has 0 amide bonds. The second-order valence-corrected chi connectivity index (χ2v) is 2.45. The summed E-state index contributed by atoms with van der Waals surface area (Å²) in [5.74, 6) is 0.383. The highest BCUT2D eigenvalue weighted by atomic mass is 35.5.